The van der Waals surface area contributed by atoms with Crippen molar-refractivity contribution in [1.29, 1.82) is 0 Å². The third-order valence-electron chi connectivity index (χ3n) is 1.04. The van der Waals surface area contributed by atoms with Gasteiger partial charge in [0.15, 0.2) is 0 Å². The number of halogens is 1. The van der Waals surface area contributed by atoms with Gasteiger partial charge in [0, 0.05) is 0 Å². The second-order valence-electron chi connectivity index (χ2n) is 1.61. The molecule has 0 radical (unpaired) electrons. The summed E-state index contributed by atoms with van der Waals surface area (Å²) in [6.45, 7) is 3.63. The van der Waals surface area contributed by atoms with Gasteiger partial charge in [-0.1, -0.05) is 56.5 Å². The monoisotopic (exact) mass is 174 g/mol. The van der Waals surface area contributed by atoms with Crippen LogP contribution in [0.1, 0.15) is 5.56 Å². The molecule has 0 heterocycles. The number of rotatable bonds is 1. The van der Waals surface area contributed by atoms with E-state index in [4.69, 9.17) is 0 Å². The minimum Gasteiger partial charge on any atom is -1.00 e. The van der Waals surface area contributed by atoms with Crippen LogP contribution in [0.3, 0.4) is 0 Å². The Kier molecular flexibility index (Phi) is 8.26. The van der Waals surface area contributed by atoms with Crippen molar-refractivity contribution in [2.45, 2.75) is 0 Å². The molecule has 56 valence electrons. The number of hydrogen-bond donors (Lipinski definition) is 0. The van der Waals surface area contributed by atoms with Gasteiger partial charge < -0.3 is 12.4 Å². The van der Waals surface area contributed by atoms with Crippen LogP contribution < -0.4 is 12.4 Å². The van der Waals surface area contributed by atoms with Crippen LogP contribution >= 0.6 is 0 Å². The van der Waals surface area contributed by atoms with E-state index in [1.54, 1.807) is 0 Å². The zero-order valence-corrected chi connectivity index (χ0v) is 7.54. The molecule has 0 aliphatic heterocycles. The van der Waals surface area contributed by atoms with Crippen LogP contribution in [0, 0.1) is 0 Å². The van der Waals surface area contributed by atoms with E-state index in [-0.39, 0.29) is 25.9 Å². The third kappa shape index (κ3) is 3.59. The van der Waals surface area contributed by atoms with E-state index in [0.717, 1.165) is 0 Å². The van der Waals surface area contributed by atoms with Gasteiger partial charge in [-0.15, -0.1) is 0 Å². The van der Waals surface area contributed by atoms with Crippen LogP contribution in [0.2, 0.25) is 0 Å². The lowest BCUT2D eigenvalue weighted by Crippen LogP contribution is -3.00. The van der Waals surface area contributed by atoms with Crippen LogP contribution in [0.5, 0.6) is 0 Å². The van der Waals surface area contributed by atoms with Gasteiger partial charge in [-0.3, -0.25) is 0 Å². The molecule has 0 fully saturated rings. The average molecular weight is 175 g/mol. The maximum atomic E-state index is 3.63. The molecular weight excluding hydrogens is 164 g/mol. The molecule has 0 spiro atoms. The largest absolute Gasteiger partial charge is 1.00 e. The van der Waals surface area contributed by atoms with Crippen LogP contribution in [0.25, 0.3) is 6.08 Å². The first-order valence-corrected chi connectivity index (χ1v) is 2.61. The SMILES string of the molecule is C=Cc1ccccc1.[Cl-].[SH3+]. The second kappa shape index (κ2) is 6.72. The molecule has 0 aromatic heterocycles. The third-order valence-corrected chi connectivity index (χ3v) is 1.04. The Labute approximate surface area is 74.8 Å². The minimum absolute atomic E-state index is 0. The fraction of sp³-hybridized carbons (Fsp3) is 0. The lowest BCUT2D eigenvalue weighted by Gasteiger charge is -1.85. The molecule has 0 saturated carbocycles. The van der Waals surface area contributed by atoms with E-state index in [9.17, 15) is 0 Å². The normalized spacial score (nSPS) is 6.80. The molecule has 2 heteroatoms. The fourth-order valence-corrected chi connectivity index (χ4v) is 0.589. The molecule has 0 amide bonds. The summed E-state index contributed by atoms with van der Waals surface area (Å²) in [5, 5.41) is 0. The van der Waals surface area contributed by atoms with Crippen LogP contribution in [-0.4, -0.2) is 0 Å². The van der Waals surface area contributed by atoms with Gasteiger partial charge in [-0.2, -0.15) is 0 Å². The molecule has 1 aromatic rings. The van der Waals surface area contributed by atoms with Gasteiger partial charge in [-0.25, -0.2) is 0 Å². The molecule has 0 atom stereocenters. The fourth-order valence-electron chi connectivity index (χ4n) is 0.589. The minimum atomic E-state index is 0. The molecule has 0 N–H and O–H groups in total. The smallest absolute Gasteiger partial charge is 0.0263 e. The lowest BCUT2D eigenvalue weighted by atomic mass is 10.2. The summed E-state index contributed by atoms with van der Waals surface area (Å²) in [6, 6.07) is 10.0. The molecule has 0 aliphatic rings. The second-order valence-corrected chi connectivity index (χ2v) is 1.61. The van der Waals surface area contributed by atoms with E-state index in [1.165, 1.54) is 5.56 Å². The summed E-state index contributed by atoms with van der Waals surface area (Å²) >= 11 is 0. The molecule has 1 rings (SSSR count). The van der Waals surface area contributed by atoms with Crippen molar-refractivity contribution in [3.8, 4) is 0 Å². The highest BCUT2D eigenvalue weighted by molar-refractivity contribution is 7.37. The van der Waals surface area contributed by atoms with Gasteiger partial charge in [-0.05, 0) is 5.56 Å². The van der Waals surface area contributed by atoms with Crippen molar-refractivity contribution in [1.82, 2.24) is 0 Å². The molecular formula is C8H11ClS. The Bertz CT molecular complexity index is 172. The maximum Gasteiger partial charge on any atom is -0.0263 e. The van der Waals surface area contributed by atoms with E-state index in [2.05, 4.69) is 6.58 Å². The topological polar surface area (TPSA) is 0 Å². The van der Waals surface area contributed by atoms with Crippen molar-refractivity contribution >= 4 is 19.6 Å². The Morgan fingerprint density at radius 3 is 1.90 bits per heavy atom. The first-order chi connectivity index (χ1) is 3.93. The number of benzene rings is 1. The van der Waals surface area contributed by atoms with Gasteiger partial charge in [0.25, 0.3) is 0 Å². The summed E-state index contributed by atoms with van der Waals surface area (Å²) in [7, 11) is 0. The van der Waals surface area contributed by atoms with Gasteiger partial charge in [0.1, 0.15) is 0 Å². The molecule has 10 heavy (non-hydrogen) atoms. The highest BCUT2D eigenvalue weighted by Gasteiger charge is 1.75. The van der Waals surface area contributed by atoms with E-state index in [1.807, 2.05) is 36.4 Å². The van der Waals surface area contributed by atoms with Crippen LogP contribution in [0.4, 0.5) is 0 Å². The van der Waals surface area contributed by atoms with Crippen LogP contribution in [0.15, 0.2) is 36.9 Å². The Morgan fingerprint density at radius 1 is 1.10 bits per heavy atom. The predicted molar refractivity (Wildman–Crippen MR) is 48.1 cm³/mol. The van der Waals surface area contributed by atoms with Gasteiger partial charge in [0.2, 0.25) is 0 Å². The highest BCUT2D eigenvalue weighted by Crippen LogP contribution is 1.97. The summed E-state index contributed by atoms with van der Waals surface area (Å²) in [5.41, 5.74) is 1.17. The van der Waals surface area contributed by atoms with Crippen molar-refractivity contribution in [3.05, 3.63) is 42.5 Å². The van der Waals surface area contributed by atoms with Crippen molar-refractivity contribution < 1.29 is 12.4 Å². The van der Waals surface area contributed by atoms with Crippen molar-refractivity contribution in [3.63, 3.8) is 0 Å². The number of hydrogen-bond acceptors (Lipinski definition) is 0. The van der Waals surface area contributed by atoms with Gasteiger partial charge >= 0.3 is 0 Å². The Morgan fingerprint density at radius 2 is 1.60 bits per heavy atom. The highest BCUT2D eigenvalue weighted by atomic mass is 35.5. The lowest BCUT2D eigenvalue weighted by molar-refractivity contribution is -0.00000171. The summed E-state index contributed by atoms with van der Waals surface area (Å²) < 4.78 is 0. The van der Waals surface area contributed by atoms with Crippen molar-refractivity contribution in [2.75, 3.05) is 0 Å². The average Bonchev–Trinajstić information content (AvgIpc) is 1.90. The Hall–Kier alpha value is -0.400. The summed E-state index contributed by atoms with van der Waals surface area (Å²) in [6.07, 6.45) is 1.83. The van der Waals surface area contributed by atoms with E-state index >= 15 is 0 Å². The first-order valence-electron chi connectivity index (χ1n) is 2.61. The van der Waals surface area contributed by atoms with Crippen LogP contribution in [-0.2, 0) is 13.5 Å². The Balaban J connectivity index is 0. The maximum absolute atomic E-state index is 3.63. The molecule has 1 aromatic carbocycles. The zero-order chi connectivity index (χ0) is 5.82. The van der Waals surface area contributed by atoms with Gasteiger partial charge in [0.05, 0.1) is 0 Å². The molecule has 0 aliphatic carbocycles. The molecule has 0 nitrogen and oxygen atoms in total. The molecule has 0 unspecified atom stereocenters. The summed E-state index contributed by atoms with van der Waals surface area (Å²) in [5.74, 6) is 0. The first kappa shape index (κ1) is 12.3. The van der Waals surface area contributed by atoms with E-state index in [0.29, 0.717) is 0 Å². The standard InChI is InChI=1S/C8H8.ClH.H2S/c1-2-8-6-4-3-5-7-8;;/h2-7H,1H2;1H;1H2. The summed E-state index contributed by atoms with van der Waals surface area (Å²) in [4.78, 5) is 0. The molecule has 0 saturated heterocycles. The van der Waals surface area contributed by atoms with E-state index < -0.39 is 0 Å². The zero-order valence-electron chi connectivity index (χ0n) is 5.63. The quantitative estimate of drug-likeness (QED) is 0.456. The predicted octanol–water partition coefficient (Wildman–Crippen LogP) is -1.47. The molecule has 0 bridgehead atoms. The van der Waals surface area contributed by atoms with Crippen molar-refractivity contribution in [2.24, 2.45) is 0 Å².